The van der Waals surface area contributed by atoms with E-state index < -0.39 is 8.32 Å². The zero-order chi connectivity index (χ0) is 30.0. The maximum absolute atomic E-state index is 6.41. The van der Waals surface area contributed by atoms with Crippen molar-refractivity contribution in [3.05, 3.63) is 72.2 Å². The number of nitrogens with zero attached hydrogens (tertiary/aromatic N) is 4. The van der Waals surface area contributed by atoms with E-state index in [4.69, 9.17) is 19.5 Å². The molecule has 0 amide bonds. The molecule has 8 heteroatoms. The van der Waals surface area contributed by atoms with E-state index >= 15 is 0 Å². The fourth-order valence-corrected chi connectivity index (χ4v) is 6.03. The number of rotatable bonds is 10. The summed E-state index contributed by atoms with van der Waals surface area (Å²) in [6.07, 6.45) is 4.13. The van der Waals surface area contributed by atoms with Gasteiger partial charge in [-0.25, -0.2) is 9.67 Å². The smallest absolute Gasteiger partial charge is 0.192 e. The third-order valence-electron chi connectivity index (χ3n) is 7.95. The maximum atomic E-state index is 6.41. The molecular weight excluding hydrogens is 543 g/mol. The van der Waals surface area contributed by atoms with Crippen LogP contribution in [0.1, 0.15) is 78.7 Å². The predicted molar refractivity (Wildman–Crippen MR) is 179 cm³/mol. The van der Waals surface area contributed by atoms with Gasteiger partial charge < -0.3 is 4.43 Å². The van der Waals surface area contributed by atoms with E-state index in [0.29, 0.717) is 6.61 Å². The Balaban J connectivity index is 1.58. The van der Waals surface area contributed by atoms with Crippen LogP contribution in [0.4, 0.5) is 0 Å². The summed E-state index contributed by atoms with van der Waals surface area (Å²) in [5, 5.41) is 6.11. The largest absolute Gasteiger partial charge is 0.411 e. The van der Waals surface area contributed by atoms with Crippen LogP contribution in [0.25, 0.3) is 28.0 Å². The van der Waals surface area contributed by atoms with Gasteiger partial charge >= 0.3 is 0 Å². The average Bonchev–Trinajstić information content (AvgIpc) is 3.34. The second-order valence-corrected chi connectivity index (χ2v) is 20.3. The van der Waals surface area contributed by atoms with Crippen molar-refractivity contribution in [1.29, 1.82) is 0 Å². The van der Waals surface area contributed by atoms with Gasteiger partial charge in [0.05, 0.1) is 35.2 Å². The van der Waals surface area contributed by atoms with Crippen molar-refractivity contribution in [1.82, 2.24) is 24.5 Å². The summed E-state index contributed by atoms with van der Waals surface area (Å²) in [7, 11) is -2.04. The zero-order valence-corrected chi connectivity index (χ0v) is 28.1. The molecule has 0 fully saturated rings. The Hall–Kier alpha value is -2.65. The highest BCUT2D eigenvalue weighted by molar-refractivity contribution is 8.13. The molecule has 0 aliphatic rings. The summed E-state index contributed by atoms with van der Waals surface area (Å²) >= 11 is 0. The van der Waals surface area contributed by atoms with Crippen LogP contribution in [-0.4, -0.2) is 38.7 Å². The number of aromatic nitrogens is 4. The molecule has 0 spiro atoms. The topological polar surface area (TPSA) is 64.9 Å². The summed E-state index contributed by atoms with van der Waals surface area (Å²) in [5.41, 5.74) is 4.88. The highest BCUT2D eigenvalue weighted by Gasteiger charge is 2.37. The van der Waals surface area contributed by atoms with Gasteiger partial charge in [0, 0.05) is 21.9 Å². The lowest BCUT2D eigenvalue weighted by molar-refractivity contribution is 0.272. The summed E-state index contributed by atoms with van der Waals surface area (Å²) in [5.74, 6) is 5.19. The van der Waals surface area contributed by atoms with Gasteiger partial charge in [0.25, 0.3) is 0 Å². The predicted octanol–water partition coefficient (Wildman–Crippen LogP) is 8.85. The van der Waals surface area contributed by atoms with E-state index in [1.807, 2.05) is 29.1 Å². The van der Waals surface area contributed by atoms with E-state index in [1.165, 1.54) is 0 Å². The second-order valence-electron chi connectivity index (χ2n) is 13.3. The third-order valence-corrected chi connectivity index (χ3v) is 14.5. The Morgan fingerprint density at radius 3 is 2.41 bits per heavy atom. The minimum Gasteiger partial charge on any atom is -0.411 e. The quantitative estimate of drug-likeness (QED) is 0.148. The molecule has 1 aromatic carbocycles. The van der Waals surface area contributed by atoms with Gasteiger partial charge in [-0.05, 0) is 54.9 Å². The second kappa shape index (κ2) is 12.3. The lowest BCUT2D eigenvalue weighted by atomic mass is 10.1. The summed E-state index contributed by atoms with van der Waals surface area (Å²) in [6, 6.07) is 18.9. The monoisotopic (exact) mass is 589 g/mol. The van der Waals surface area contributed by atoms with Crippen LogP contribution in [0.2, 0.25) is 18.1 Å². The van der Waals surface area contributed by atoms with Crippen LogP contribution in [0.15, 0.2) is 60.8 Å². The minimum atomic E-state index is -1.86. The summed E-state index contributed by atoms with van der Waals surface area (Å²) < 4.78 is 12.1. The molecule has 0 aliphatic carbocycles. The van der Waals surface area contributed by atoms with Crippen LogP contribution >= 0.6 is 10.7 Å². The Morgan fingerprint density at radius 2 is 1.73 bits per heavy atom. The van der Waals surface area contributed by atoms with E-state index in [-0.39, 0.29) is 26.5 Å². The molecular formula is C33H47N5OSSi. The zero-order valence-electron chi connectivity index (χ0n) is 26.3. The molecule has 6 nitrogen and oxygen atoms in total. The molecule has 3 aromatic heterocycles. The molecule has 4 aromatic rings. The van der Waals surface area contributed by atoms with E-state index in [1.54, 1.807) is 0 Å². The Bertz CT molecular complexity index is 1520. The van der Waals surface area contributed by atoms with E-state index in [0.717, 1.165) is 52.2 Å². The van der Waals surface area contributed by atoms with Crippen molar-refractivity contribution < 1.29 is 4.43 Å². The van der Waals surface area contributed by atoms with Gasteiger partial charge in [-0.2, -0.15) is 5.10 Å². The molecule has 3 heterocycles. The molecule has 0 bridgehead atoms. The molecule has 220 valence electrons. The van der Waals surface area contributed by atoms with Crippen molar-refractivity contribution in [2.24, 2.45) is 0 Å². The molecule has 0 saturated carbocycles. The van der Waals surface area contributed by atoms with Gasteiger partial charge in [0.2, 0.25) is 0 Å². The van der Waals surface area contributed by atoms with Gasteiger partial charge in [0.1, 0.15) is 0 Å². The number of nitrogens with one attached hydrogen (secondary N) is 1. The molecule has 1 N–H and O–H groups in total. The van der Waals surface area contributed by atoms with Gasteiger partial charge in [-0.1, -0.05) is 85.0 Å². The Morgan fingerprint density at radius 1 is 1.00 bits per heavy atom. The number of hydrogen-bond acceptors (Lipinski definition) is 5. The first-order valence-corrected chi connectivity index (χ1v) is 18.9. The maximum Gasteiger partial charge on any atom is 0.192 e. The summed E-state index contributed by atoms with van der Waals surface area (Å²) in [6.45, 7) is 20.7. The van der Waals surface area contributed by atoms with Crippen LogP contribution in [0, 0.1) is 0 Å². The number of fused-ring (bicyclic) bond motifs is 1. The highest BCUT2D eigenvalue weighted by Crippen LogP contribution is 2.37. The molecule has 0 saturated heterocycles. The van der Waals surface area contributed by atoms with Crippen LogP contribution in [0.3, 0.4) is 0 Å². The standard InChI is InChI=1S/C33H47N5OSSi/c1-11-14-29(37-40(8)32(2,3)4)28-17-13-16-27(35-28)24-19-20-25-22-38(36-30(25)21-24)31-18-12-15-26(34-31)23-39-41(9,10)33(5,6)7/h12-13,15-22,29,37H,8,11,14,23H2,1-7,9-10H3/t29-,40-/m1/s1. The Labute approximate surface area is 250 Å². The average molecular weight is 590 g/mol. The first-order valence-electron chi connectivity index (χ1n) is 14.6. The molecule has 2 atom stereocenters. The normalized spacial score (nSPS) is 14.4. The lowest BCUT2D eigenvalue weighted by Crippen LogP contribution is -2.40. The van der Waals surface area contributed by atoms with E-state index in [2.05, 4.69) is 109 Å². The Kier molecular flexibility index (Phi) is 9.38. The molecule has 41 heavy (non-hydrogen) atoms. The SMILES string of the molecule is C=[S@@](N[C@H](CCC)c1cccc(-c2ccc3cn(-c4cccc(CO[Si](C)(C)C(C)(C)C)n4)nc3c2)n1)C(C)(C)C. The molecule has 4 rings (SSSR count). The van der Waals surface area contributed by atoms with Gasteiger partial charge in [-0.3, -0.25) is 9.71 Å². The van der Waals surface area contributed by atoms with Crippen molar-refractivity contribution in [3.63, 3.8) is 0 Å². The summed E-state index contributed by atoms with van der Waals surface area (Å²) in [4.78, 5) is 9.96. The molecule has 0 aliphatic heterocycles. The van der Waals surface area contributed by atoms with Crippen LogP contribution in [0.5, 0.6) is 0 Å². The van der Waals surface area contributed by atoms with Crippen molar-refractivity contribution >= 4 is 35.8 Å². The molecule has 0 unspecified atom stereocenters. The van der Waals surface area contributed by atoms with Crippen LogP contribution < -0.4 is 4.72 Å². The van der Waals surface area contributed by atoms with Gasteiger partial charge in [0.15, 0.2) is 14.1 Å². The van der Waals surface area contributed by atoms with Crippen molar-refractivity contribution in [2.45, 2.75) is 96.8 Å². The minimum absolute atomic E-state index is 0.0968. The van der Waals surface area contributed by atoms with Crippen molar-refractivity contribution in [3.8, 4) is 17.1 Å². The highest BCUT2D eigenvalue weighted by atomic mass is 32.2. The molecule has 0 radical (unpaired) electrons. The first-order chi connectivity index (χ1) is 19.2. The fraction of sp³-hybridized carbons (Fsp3) is 0.455. The lowest BCUT2D eigenvalue weighted by Gasteiger charge is -2.36. The van der Waals surface area contributed by atoms with E-state index in [9.17, 15) is 0 Å². The number of pyridine rings is 2. The van der Waals surface area contributed by atoms with Crippen molar-refractivity contribution in [2.75, 3.05) is 0 Å². The van der Waals surface area contributed by atoms with Crippen LogP contribution in [-0.2, 0) is 11.0 Å². The van der Waals surface area contributed by atoms with Gasteiger partial charge in [-0.15, -0.1) is 10.7 Å². The fourth-order valence-electron chi connectivity index (χ4n) is 4.15. The first kappa shape index (κ1) is 31.3. The number of benzene rings is 1. The number of hydrogen-bond donors (Lipinski definition) is 1. The third kappa shape index (κ3) is 7.60.